The molecule has 0 bridgehead atoms. The summed E-state index contributed by atoms with van der Waals surface area (Å²) in [6.45, 7) is 2.56. The second-order valence-corrected chi connectivity index (χ2v) is 4.49. The molecule has 21 heavy (non-hydrogen) atoms. The molecule has 0 aliphatic rings. The average Bonchev–Trinajstić information content (AvgIpc) is 2.50. The van der Waals surface area contributed by atoms with Crippen LogP contribution in [0.5, 0.6) is 0 Å². The quantitative estimate of drug-likeness (QED) is 0.692. The summed E-state index contributed by atoms with van der Waals surface area (Å²) < 4.78 is 17.9. The summed E-state index contributed by atoms with van der Waals surface area (Å²) >= 11 is 0. The molecule has 0 fully saturated rings. The zero-order chi connectivity index (χ0) is 15.4. The molecule has 0 heterocycles. The lowest BCUT2D eigenvalue weighted by Crippen LogP contribution is -2.19. The number of rotatable bonds is 4. The fourth-order valence-corrected chi connectivity index (χ4v) is 2.18. The van der Waals surface area contributed by atoms with E-state index < -0.39 is 5.97 Å². The van der Waals surface area contributed by atoms with E-state index in [9.17, 15) is 9.18 Å². The normalized spacial score (nSPS) is 10.2. The van der Waals surface area contributed by atoms with Gasteiger partial charge in [0.15, 0.2) is 0 Å². The van der Waals surface area contributed by atoms with E-state index in [1.807, 2.05) is 11.8 Å². The molecule has 2 aromatic rings. The Kier molecular flexibility index (Phi) is 4.42. The average molecular weight is 288 g/mol. The molecule has 4 nitrogen and oxygen atoms in total. The van der Waals surface area contributed by atoms with E-state index in [4.69, 9.17) is 10.5 Å². The standard InChI is InChI=1S/C16H17FN2O2/c1-3-19(13-7-4-11(17)5-8-13)15-9-6-12(18)10-14(15)16(20)21-2/h4-10H,3,18H2,1-2H3. The molecule has 0 saturated heterocycles. The number of halogens is 1. The second kappa shape index (κ2) is 6.26. The number of hydrogen-bond acceptors (Lipinski definition) is 4. The summed E-state index contributed by atoms with van der Waals surface area (Å²) in [6.07, 6.45) is 0. The largest absolute Gasteiger partial charge is 0.465 e. The van der Waals surface area contributed by atoms with Crippen LogP contribution in [0, 0.1) is 5.82 Å². The summed E-state index contributed by atoms with van der Waals surface area (Å²) in [4.78, 5) is 13.8. The van der Waals surface area contributed by atoms with E-state index in [1.165, 1.54) is 19.2 Å². The van der Waals surface area contributed by atoms with E-state index >= 15 is 0 Å². The maximum absolute atomic E-state index is 13.1. The van der Waals surface area contributed by atoms with Gasteiger partial charge in [0.25, 0.3) is 0 Å². The Morgan fingerprint density at radius 1 is 1.24 bits per heavy atom. The first kappa shape index (κ1) is 14.8. The maximum Gasteiger partial charge on any atom is 0.340 e. The van der Waals surface area contributed by atoms with Crippen LogP contribution < -0.4 is 10.6 Å². The van der Waals surface area contributed by atoms with Crippen LogP contribution in [0.3, 0.4) is 0 Å². The number of carbonyl (C=O) groups excluding carboxylic acids is 1. The zero-order valence-electron chi connectivity index (χ0n) is 12.0. The lowest BCUT2D eigenvalue weighted by Gasteiger charge is -2.25. The van der Waals surface area contributed by atoms with Gasteiger partial charge in [0, 0.05) is 17.9 Å². The van der Waals surface area contributed by atoms with Crippen LogP contribution in [0.25, 0.3) is 0 Å². The fourth-order valence-electron chi connectivity index (χ4n) is 2.18. The molecular formula is C16H17FN2O2. The smallest absolute Gasteiger partial charge is 0.340 e. The first-order chi connectivity index (χ1) is 10.1. The highest BCUT2D eigenvalue weighted by Crippen LogP contribution is 2.30. The Bertz CT molecular complexity index is 641. The minimum absolute atomic E-state index is 0.305. The van der Waals surface area contributed by atoms with Gasteiger partial charge in [0.1, 0.15) is 5.82 Å². The minimum atomic E-state index is -0.460. The fraction of sp³-hybridized carbons (Fsp3) is 0.188. The van der Waals surface area contributed by atoms with Gasteiger partial charge < -0.3 is 15.4 Å². The van der Waals surface area contributed by atoms with Crippen LogP contribution in [-0.2, 0) is 4.74 Å². The molecule has 0 aliphatic heterocycles. The highest BCUT2D eigenvalue weighted by Gasteiger charge is 2.18. The van der Waals surface area contributed by atoms with Gasteiger partial charge in [0.05, 0.1) is 18.4 Å². The van der Waals surface area contributed by atoms with Crippen molar-refractivity contribution >= 4 is 23.0 Å². The highest BCUT2D eigenvalue weighted by molar-refractivity contribution is 5.98. The third-order valence-electron chi connectivity index (χ3n) is 3.17. The number of methoxy groups -OCH3 is 1. The van der Waals surface area contributed by atoms with Gasteiger partial charge in [-0.15, -0.1) is 0 Å². The van der Waals surface area contributed by atoms with E-state index in [2.05, 4.69) is 0 Å². The second-order valence-electron chi connectivity index (χ2n) is 4.49. The SMILES string of the molecule is CCN(c1ccc(F)cc1)c1ccc(N)cc1C(=O)OC. The molecule has 5 heteroatoms. The molecule has 2 N–H and O–H groups in total. The van der Waals surface area contributed by atoms with Crippen LogP contribution >= 0.6 is 0 Å². The highest BCUT2D eigenvalue weighted by atomic mass is 19.1. The van der Waals surface area contributed by atoms with Gasteiger partial charge in [-0.25, -0.2) is 9.18 Å². The third kappa shape index (κ3) is 3.13. The Balaban J connectivity index is 2.51. The van der Waals surface area contributed by atoms with Crippen molar-refractivity contribution < 1.29 is 13.9 Å². The van der Waals surface area contributed by atoms with Crippen LogP contribution in [0.1, 0.15) is 17.3 Å². The van der Waals surface area contributed by atoms with Crippen LogP contribution in [0.4, 0.5) is 21.5 Å². The third-order valence-corrected chi connectivity index (χ3v) is 3.17. The first-order valence-corrected chi connectivity index (χ1v) is 6.57. The van der Waals surface area contributed by atoms with E-state index in [0.29, 0.717) is 23.5 Å². The van der Waals surface area contributed by atoms with Gasteiger partial charge in [0.2, 0.25) is 0 Å². The summed E-state index contributed by atoms with van der Waals surface area (Å²) in [6, 6.07) is 11.1. The first-order valence-electron chi connectivity index (χ1n) is 6.57. The van der Waals surface area contributed by atoms with Crippen molar-refractivity contribution in [3.63, 3.8) is 0 Å². The Morgan fingerprint density at radius 2 is 1.90 bits per heavy atom. The summed E-state index contributed by atoms with van der Waals surface area (Å²) in [5, 5.41) is 0. The van der Waals surface area contributed by atoms with Crippen molar-refractivity contribution in [1.82, 2.24) is 0 Å². The zero-order valence-corrected chi connectivity index (χ0v) is 12.0. The van der Waals surface area contributed by atoms with Crippen LogP contribution in [0.2, 0.25) is 0 Å². The number of nitrogen functional groups attached to an aromatic ring is 1. The van der Waals surface area contributed by atoms with Crippen LogP contribution in [0.15, 0.2) is 42.5 Å². The predicted octanol–water partition coefficient (Wildman–Crippen LogP) is 3.35. The number of nitrogens with zero attached hydrogens (tertiary/aromatic N) is 1. The monoisotopic (exact) mass is 288 g/mol. The Labute approximate surface area is 122 Å². The topological polar surface area (TPSA) is 55.6 Å². The van der Waals surface area contributed by atoms with Gasteiger partial charge >= 0.3 is 5.97 Å². The number of anilines is 3. The number of esters is 1. The van der Waals surface area contributed by atoms with Crippen LogP contribution in [-0.4, -0.2) is 19.6 Å². The van der Waals surface area contributed by atoms with E-state index in [0.717, 1.165) is 5.69 Å². The van der Waals surface area contributed by atoms with Crippen molar-refractivity contribution in [1.29, 1.82) is 0 Å². The Morgan fingerprint density at radius 3 is 2.48 bits per heavy atom. The van der Waals surface area contributed by atoms with Crippen molar-refractivity contribution in [3.8, 4) is 0 Å². The molecule has 0 radical (unpaired) electrons. The van der Waals surface area contributed by atoms with E-state index in [-0.39, 0.29) is 5.82 Å². The van der Waals surface area contributed by atoms with Crippen molar-refractivity contribution in [2.24, 2.45) is 0 Å². The van der Waals surface area contributed by atoms with Crippen molar-refractivity contribution in [2.75, 3.05) is 24.3 Å². The number of nitrogens with two attached hydrogens (primary N) is 1. The number of ether oxygens (including phenoxy) is 1. The van der Waals surface area contributed by atoms with E-state index in [1.54, 1.807) is 30.3 Å². The molecule has 0 aromatic heterocycles. The molecule has 0 saturated carbocycles. The van der Waals surface area contributed by atoms with Crippen molar-refractivity contribution in [2.45, 2.75) is 6.92 Å². The molecule has 2 aromatic carbocycles. The molecule has 0 spiro atoms. The number of benzene rings is 2. The molecule has 0 atom stereocenters. The predicted molar refractivity (Wildman–Crippen MR) is 81.3 cm³/mol. The molecule has 0 aliphatic carbocycles. The van der Waals surface area contributed by atoms with Gasteiger partial charge in [-0.1, -0.05) is 0 Å². The lowest BCUT2D eigenvalue weighted by atomic mass is 10.1. The lowest BCUT2D eigenvalue weighted by molar-refractivity contribution is 0.0601. The van der Waals surface area contributed by atoms with Gasteiger partial charge in [-0.05, 0) is 49.4 Å². The molecule has 0 amide bonds. The van der Waals surface area contributed by atoms with Crippen molar-refractivity contribution in [3.05, 3.63) is 53.8 Å². The minimum Gasteiger partial charge on any atom is -0.465 e. The van der Waals surface area contributed by atoms with Gasteiger partial charge in [-0.3, -0.25) is 0 Å². The molecular weight excluding hydrogens is 271 g/mol. The molecule has 0 unspecified atom stereocenters. The Hall–Kier alpha value is -2.56. The number of carbonyl (C=O) groups is 1. The summed E-state index contributed by atoms with van der Waals surface area (Å²) in [5.74, 6) is -0.766. The number of hydrogen-bond donors (Lipinski definition) is 1. The molecule has 2 rings (SSSR count). The van der Waals surface area contributed by atoms with Gasteiger partial charge in [-0.2, -0.15) is 0 Å². The molecule has 110 valence electrons. The maximum atomic E-state index is 13.1. The summed E-state index contributed by atoms with van der Waals surface area (Å²) in [5.41, 5.74) is 8.06. The summed E-state index contributed by atoms with van der Waals surface area (Å²) in [7, 11) is 1.32.